The molecule has 3 rings (SSSR count). The Bertz CT molecular complexity index is 858. The molecule has 0 aromatic heterocycles. The number of hydrogen-bond acceptors (Lipinski definition) is 5. The highest BCUT2D eigenvalue weighted by molar-refractivity contribution is 9.07. The van der Waals surface area contributed by atoms with Gasteiger partial charge in [0.1, 0.15) is 18.4 Å². The second-order valence-corrected chi connectivity index (χ2v) is 8.47. The molecule has 0 radical (unpaired) electrons. The van der Waals surface area contributed by atoms with Crippen LogP contribution in [-0.2, 0) is 9.53 Å². The SMILES string of the molecule is CCCC(C(=O)OCC)c1ccccc1OCC1c2ccccc2N(C(C)C)N1Br. The molecule has 5 nitrogen and oxygen atoms in total. The molecule has 2 aromatic carbocycles. The standard InChI is InChI=1S/C24H31BrN2O3/c1-5-11-19(24(28)29-6-2)18-12-8-10-15-23(18)30-16-22-20-13-7-9-14-21(20)26(17(3)4)27(22)25/h7-10,12-15,17,19,22H,5-6,11,16H2,1-4H3. The van der Waals surface area contributed by atoms with Gasteiger partial charge >= 0.3 is 5.97 Å². The summed E-state index contributed by atoms with van der Waals surface area (Å²) in [4.78, 5) is 12.6. The fourth-order valence-electron chi connectivity index (χ4n) is 4.00. The minimum atomic E-state index is -0.311. The molecule has 0 aliphatic carbocycles. The van der Waals surface area contributed by atoms with E-state index >= 15 is 0 Å². The summed E-state index contributed by atoms with van der Waals surface area (Å²) >= 11 is 3.75. The number of para-hydroxylation sites is 2. The van der Waals surface area contributed by atoms with E-state index in [-0.39, 0.29) is 17.9 Å². The number of carbonyl (C=O) groups excluding carboxylic acids is 1. The molecule has 0 saturated heterocycles. The number of rotatable bonds is 9. The number of esters is 1. The lowest BCUT2D eigenvalue weighted by molar-refractivity contribution is -0.145. The zero-order chi connectivity index (χ0) is 21.7. The highest BCUT2D eigenvalue weighted by Gasteiger charge is 2.37. The van der Waals surface area contributed by atoms with Gasteiger partial charge in [0.2, 0.25) is 0 Å². The van der Waals surface area contributed by atoms with Gasteiger partial charge < -0.3 is 9.47 Å². The van der Waals surface area contributed by atoms with Crippen LogP contribution < -0.4 is 9.75 Å². The molecular weight excluding hydrogens is 444 g/mol. The van der Waals surface area contributed by atoms with Gasteiger partial charge in [-0.1, -0.05) is 49.7 Å². The molecule has 1 heterocycles. The first-order chi connectivity index (χ1) is 14.5. The Morgan fingerprint density at radius 2 is 1.80 bits per heavy atom. The molecule has 1 aliphatic rings. The molecule has 0 bridgehead atoms. The molecule has 0 amide bonds. The summed E-state index contributed by atoms with van der Waals surface area (Å²) in [6.45, 7) is 9.09. The molecule has 0 N–H and O–H groups in total. The van der Waals surface area contributed by atoms with Crippen LogP contribution in [0.1, 0.15) is 63.6 Å². The Morgan fingerprint density at radius 1 is 1.10 bits per heavy atom. The van der Waals surface area contributed by atoms with E-state index in [0.29, 0.717) is 19.3 Å². The summed E-state index contributed by atoms with van der Waals surface area (Å²) in [6, 6.07) is 16.5. The van der Waals surface area contributed by atoms with Crippen molar-refractivity contribution in [3.8, 4) is 5.75 Å². The quantitative estimate of drug-likeness (QED) is 0.328. The number of anilines is 1. The largest absolute Gasteiger partial charge is 0.491 e. The fraction of sp³-hybridized carbons (Fsp3) is 0.458. The zero-order valence-electron chi connectivity index (χ0n) is 18.2. The third-order valence-corrected chi connectivity index (χ3v) is 6.17. The van der Waals surface area contributed by atoms with E-state index in [1.165, 1.54) is 11.3 Å². The summed E-state index contributed by atoms with van der Waals surface area (Å²) in [6.07, 6.45) is 1.63. The van der Waals surface area contributed by atoms with Gasteiger partial charge in [0.15, 0.2) is 0 Å². The van der Waals surface area contributed by atoms with Crippen molar-refractivity contribution in [1.29, 1.82) is 0 Å². The van der Waals surface area contributed by atoms with E-state index in [4.69, 9.17) is 9.47 Å². The number of hydrogen-bond donors (Lipinski definition) is 0. The van der Waals surface area contributed by atoms with E-state index in [1.54, 1.807) is 0 Å². The number of halogens is 1. The molecular formula is C24H31BrN2O3. The van der Waals surface area contributed by atoms with Crippen LogP contribution in [0.25, 0.3) is 0 Å². The molecule has 162 valence electrons. The Hall–Kier alpha value is -2.05. The lowest BCUT2D eigenvalue weighted by Gasteiger charge is -2.31. The molecule has 2 unspecified atom stereocenters. The van der Waals surface area contributed by atoms with E-state index in [2.05, 4.69) is 70.2 Å². The monoisotopic (exact) mass is 474 g/mol. The van der Waals surface area contributed by atoms with Crippen LogP contribution in [0.4, 0.5) is 5.69 Å². The van der Waals surface area contributed by atoms with Crippen molar-refractivity contribution in [2.45, 2.75) is 58.5 Å². The maximum atomic E-state index is 12.6. The first-order valence-corrected chi connectivity index (χ1v) is 11.4. The molecule has 0 saturated carbocycles. The van der Waals surface area contributed by atoms with Crippen LogP contribution in [-0.4, -0.2) is 29.3 Å². The Kier molecular flexibility index (Phi) is 7.78. The number of hydrazine groups is 1. The number of fused-ring (bicyclic) bond motifs is 1. The molecule has 6 heteroatoms. The van der Waals surface area contributed by atoms with E-state index in [0.717, 1.165) is 24.2 Å². The minimum Gasteiger partial charge on any atom is -0.491 e. The molecule has 0 fully saturated rings. The minimum absolute atomic E-state index is 0.0314. The average Bonchev–Trinajstić information content (AvgIpc) is 3.02. The first kappa shape index (κ1) is 22.6. The normalized spacial score (nSPS) is 17.1. The topological polar surface area (TPSA) is 42.0 Å². The summed E-state index contributed by atoms with van der Waals surface area (Å²) < 4.78 is 13.7. The summed E-state index contributed by atoms with van der Waals surface area (Å²) in [7, 11) is 0. The Morgan fingerprint density at radius 3 is 2.50 bits per heavy atom. The molecule has 30 heavy (non-hydrogen) atoms. The lowest BCUT2D eigenvalue weighted by Crippen LogP contribution is -2.39. The van der Waals surface area contributed by atoms with Crippen LogP contribution in [0.15, 0.2) is 48.5 Å². The summed E-state index contributed by atoms with van der Waals surface area (Å²) in [5.74, 6) is 0.245. The van der Waals surface area contributed by atoms with Gasteiger partial charge in [-0.3, -0.25) is 9.80 Å². The summed E-state index contributed by atoms with van der Waals surface area (Å²) in [5.41, 5.74) is 3.30. The van der Waals surface area contributed by atoms with Gasteiger partial charge in [-0.15, -0.1) is 4.03 Å². The molecule has 2 aromatic rings. The van der Waals surface area contributed by atoms with Crippen molar-refractivity contribution in [3.05, 3.63) is 59.7 Å². The maximum absolute atomic E-state index is 12.6. The predicted molar refractivity (Wildman–Crippen MR) is 124 cm³/mol. The molecule has 0 spiro atoms. The lowest BCUT2D eigenvalue weighted by atomic mass is 9.93. The van der Waals surface area contributed by atoms with Crippen molar-refractivity contribution in [3.63, 3.8) is 0 Å². The smallest absolute Gasteiger partial charge is 0.313 e. The average molecular weight is 475 g/mol. The van der Waals surface area contributed by atoms with Crippen molar-refractivity contribution < 1.29 is 14.3 Å². The third kappa shape index (κ3) is 4.65. The van der Waals surface area contributed by atoms with E-state index in [1.807, 2.05) is 31.2 Å². The van der Waals surface area contributed by atoms with Gasteiger partial charge in [-0.05, 0) is 39.3 Å². The zero-order valence-corrected chi connectivity index (χ0v) is 19.8. The van der Waals surface area contributed by atoms with Gasteiger partial charge in [0, 0.05) is 33.3 Å². The van der Waals surface area contributed by atoms with Crippen molar-refractivity contribution >= 4 is 27.8 Å². The highest BCUT2D eigenvalue weighted by Crippen LogP contribution is 2.43. The van der Waals surface area contributed by atoms with Crippen LogP contribution in [0.5, 0.6) is 5.75 Å². The Labute approximate surface area is 188 Å². The Balaban J connectivity index is 1.84. The van der Waals surface area contributed by atoms with Gasteiger partial charge in [0.25, 0.3) is 0 Å². The summed E-state index contributed by atoms with van der Waals surface area (Å²) in [5, 5.41) is 2.23. The second kappa shape index (κ2) is 10.3. The number of nitrogens with zero attached hydrogens (tertiary/aromatic N) is 2. The predicted octanol–water partition coefficient (Wildman–Crippen LogP) is 6.01. The number of benzene rings is 2. The van der Waals surface area contributed by atoms with Crippen LogP contribution in [0, 0.1) is 0 Å². The van der Waals surface area contributed by atoms with Gasteiger partial charge in [-0.25, -0.2) is 0 Å². The van der Waals surface area contributed by atoms with Crippen LogP contribution in [0.3, 0.4) is 0 Å². The molecule has 2 atom stereocenters. The fourth-order valence-corrected chi connectivity index (χ4v) is 4.87. The van der Waals surface area contributed by atoms with Crippen molar-refractivity contribution in [2.24, 2.45) is 0 Å². The van der Waals surface area contributed by atoms with Gasteiger partial charge in [0.05, 0.1) is 18.2 Å². The number of carbonyl (C=O) groups is 1. The number of ether oxygens (including phenoxy) is 2. The van der Waals surface area contributed by atoms with E-state index in [9.17, 15) is 4.79 Å². The second-order valence-electron chi connectivity index (χ2n) is 7.74. The molecule has 1 aliphatic heterocycles. The first-order valence-electron chi connectivity index (χ1n) is 10.7. The van der Waals surface area contributed by atoms with Crippen LogP contribution in [0.2, 0.25) is 0 Å². The highest BCUT2D eigenvalue weighted by atomic mass is 79.9. The van der Waals surface area contributed by atoms with Crippen molar-refractivity contribution in [1.82, 2.24) is 4.03 Å². The van der Waals surface area contributed by atoms with Crippen molar-refractivity contribution in [2.75, 3.05) is 18.2 Å². The van der Waals surface area contributed by atoms with E-state index < -0.39 is 0 Å². The third-order valence-electron chi connectivity index (χ3n) is 5.33. The maximum Gasteiger partial charge on any atom is 0.313 e. The van der Waals surface area contributed by atoms with Gasteiger partial charge in [-0.2, -0.15) is 0 Å². The van der Waals surface area contributed by atoms with Crippen LogP contribution >= 0.6 is 16.1 Å².